The molecule has 4 rings (SSSR count). The van der Waals surface area contributed by atoms with Gasteiger partial charge in [0.1, 0.15) is 5.52 Å². The van der Waals surface area contributed by atoms with Gasteiger partial charge in [-0.3, -0.25) is 14.7 Å². The normalized spacial score (nSPS) is 11.3. The van der Waals surface area contributed by atoms with Crippen LogP contribution in [0.4, 0.5) is 4.39 Å². The SMILES string of the molecule is O=C(CI)c1ccc(-n2[nH]c3c(nnc4c(F)cccc43)c2=O)cc1. The first kappa shape index (κ1) is 15.9. The average Bonchev–Trinajstić information content (AvgIpc) is 2.99. The number of hydrogen-bond acceptors (Lipinski definition) is 4. The molecule has 4 aromatic rings. The molecular formula is C17H10FIN4O2. The Balaban J connectivity index is 1.92. The van der Waals surface area contributed by atoms with Crippen LogP contribution in [0.25, 0.3) is 27.6 Å². The van der Waals surface area contributed by atoms with Gasteiger partial charge in [0, 0.05) is 10.9 Å². The van der Waals surface area contributed by atoms with Crippen molar-refractivity contribution < 1.29 is 9.18 Å². The predicted molar refractivity (Wildman–Crippen MR) is 100 cm³/mol. The number of halogens is 2. The van der Waals surface area contributed by atoms with E-state index >= 15 is 0 Å². The second-order valence-electron chi connectivity index (χ2n) is 5.42. The van der Waals surface area contributed by atoms with Gasteiger partial charge < -0.3 is 0 Å². The number of carbonyl (C=O) groups is 1. The number of rotatable bonds is 3. The minimum atomic E-state index is -0.498. The number of carbonyl (C=O) groups excluding carboxylic acids is 1. The molecule has 2 aromatic heterocycles. The highest BCUT2D eigenvalue weighted by Gasteiger charge is 2.15. The monoisotopic (exact) mass is 448 g/mol. The van der Waals surface area contributed by atoms with Crippen LogP contribution < -0.4 is 5.56 Å². The summed E-state index contributed by atoms with van der Waals surface area (Å²) in [6, 6.07) is 11.2. The summed E-state index contributed by atoms with van der Waals surface area (Å²) < 4.78 is 15.6. The van der Waals surface area contributed by atoms with E-state index in [0.717, 1.165) is 0 Å². The maximum absolute atomic E-state index is 13.9. The molecule has 124 valence electrons. The van der Waals surface area contributed by atoms with Crippen molar-refractivity contribution in [1.29, 1.82) is 0 Å². The third-order valence-corrected chi connectivity index (χ3v) is 4.63. The van der Waals surface area contributed by atoms with Crippen LogP contribution in [0.3, 0.4) is 0 Å². The highest BCUT2D eigenvalue weighted by Crippen LogP contribution is 2.21. The average molecular weight is 448 g/mol. The number of ketones is 1. The van der Waals surface area contributed by atoms with Gasteiger partial charge in [0.15, 0.2) is 17.1 Å². The minimum Gasteiger partial charge on any atom is -0.293 e. The molecule has 0 aliphatic carbocycles. The van der Waals surface area contributed by atoms with E-state index in [1.54, 1.807) is 36.4 Å². The topological polar surface area (TPSA) is 80.6 Å². The third-order valence-electron chi connectivity index (χ3n) is 3.94. The fourth-order valence-electron chi connectivity index (χ4n) is 2.68. The molecule has 0 aliphatic rings. The molecule has 0 bridgehead atoms. The van der Waals surface area contributed by atoms with Gasteiger partial charge in [-0.15, -0.1) is 10.2 Å². The van der Waals surface area contributed by atoms with E-state index in [1.807, 2.05) is 22.6 Å². The Labute approximate surface area is 153 Å². The zero-order chi connectivity index (χ0) is 17.6. The van der Waals surface area contributed by atoms with Crippen molar-refractivity contribution in [2.75, 3.05) is 4.43 Å². The van der Waals surface area contributed by atoms with Crippen molar-refractivity contribution in [2.24, 2.45) is 0 Å². The molecule has 2 aromatic carbocycles. The summed E-state index contributed by atoms with van der Waals surface area (Å²) in [7, 11) is 0. The van der Waals surface area contributed by atoms with Crippen LogP contribution in [0.2, 0.25) is 0 Å². The number of nitrogens with one attached hydrogen (secondary N) is 1. The lowest BCUT2D eigenvalue weighted by Gasteiger charge is -2.03. The van der Waals surface area contributed by atoms with E-state index in [2.05, 4.69) is 15.3 Å². The molecule has 0 unspecified atom stereocenters. The molecule has 25 heavy (non-hydrogen) atoms. The lowest BCUT2D eigenvalue weighted by atomic mass is 10.1. The van der Waals surface area contributed by atoms with Crippen LogP contribution in [0, 0.1) is 5.82 Å². The van der Waals surface area contributed by atoms with E-state index < -0.39 is 5.82 Å². The number of hydrogen-bond donors (Lipinski definition) is 1. The van der Waals surface area contributed by atoms with Crippen LogP contribution in [-0.4, -0.2) is 30.2 Å². The molecule has 0 atom stereocenters. The summed E-state index contributed by atoms with van der Waals surface area (Å²) in [6.45, 7) is 0. The van der Waals surface area contributed by atoms with E-state index in [9.17, 15) is 14.0 Å². The fourth-order valence-corrected chi connectivity index (χ4v) is 3.12. The molecule has 0 aliphatic heterocycles. The number of Topliss-reactive ketones (excluding diaryl/α,β-unsaturated/α-hetero) is 1. The summed E-state index contributed by atoms with van der Waals surface area (Å²) in [5.74, 6) is -0.481. The molecule has 0 fully saturated rings. The van der Waals surface area contributed by atoms with E-state index in [0.29, 0.717) is 26.6 Å². The summed E-state index contributed by atoms with van der Waals surface area (Å²) in [5.41, 5.74) is 1.40. The van der Waals surface area contributed by atoms with E-state index in [4.69, 9.17) is 0 Å². The van der Waals surface area contributed by atoms with Crippen LogP contribution >= 0.6 is 22.6 Å². The summed E-state index contributed by atoms with van der Waals surface area (Å²) in [4.78, 5) is 24.3. The van der Waals surface area contributed by atoms with Gasteiger partial charge >= 0.3 is 0 Å². The lowest BCUT2D eigenvalue weighted by molar-refractivity contribution is 0.102. The van der Waals surface area contributed by atoms with Gasteiger partial charge in [0.05, 0.1) is 15.6 Å². The summed E-state index contributed by atoms with van der Waals surface area (Å²) in [6.07, 6.45) is 0. The van der Waals surface area contributed by atoms with Gasteiger partial charge in [0.2, 0.25) is 0 Å². The molecule has 6 nitrogen and oxygen atoms in total. The standard InChI is InChI=1S/C17H10FIN4O2/c18-12-3-1-2-11-14(12)20-21-16-15(11)22-23(17(16)25)10-6-4-9(5-7-10)13(24)8-19/h1-7,22H,8H2. The van der Waals surface area contributed by atoms with Crippen molar-refractivity contribution in [3.63, 3.8) is 0 Å². The molecule has 0 saturated carbocycles. The van der Waals surface area contributed by atoms with Gasteiger partial charge in [-0.2, -0.15) is 0 Å². The Morgan fingerprint density at radius 2 is 1.84 bits per heavy atom. The van der Waals surface area contributed by atoms with Crippen molar-refractivity contribution in [2.45, 2.75) is 0 Å². The minimum absolute atomic E-state index is 0.0171. The lowest BCUT2D eigenvalue weighted by Crippen LogP contribution is -2.15. The van der Waals surface area contributed by atoms with Gasteiger partial charge in [-0.05, 0) is 30.3 Å². The first-order chi connectivity index (χ1) is 12.1. The number of fused-ring (bicyclic) bond motifs is 3. The van der Waals surface area contributed by atoms with E-state index in [1.165, 1.54) is 10.7 Å². The molecule has 0 spiro atoms. The molecular weight excluding hydrogens is 438 g/mol. The van der Waals surface area contributed by atoms with Crippen molar-refractivity contribution >= 4 is 50.3 Å². The Morgan fingerprint density at radius 1 is 1.12 bits per heavy atom. The Morgan fingerprint density at radius 3 is 2.56 bits per heavy atom. The van der Waals surface area contributed by atoms with Crippen LogP contribution in [0.1, 0.15) is 10.4 Å². The van der Waals surface area contributed by atoms with Crippen LogP contribution in [-0.2, 0) is 0 Å². The predicted octanol–water partition coefficient (Wildman–Crippen LogP) is 3.02. The molecule has 0 saturated heterocycles. The van der Waals surface area contributed by atoms with Crippen molar-refractivity contribution in [1.82, 2.24) is 20.0 Å². The highest BCUT2D eigenvalue weighted by molar-refractivity contribution is 14.1. The van der Waals surface area contributed by atoms with Gasteiger partial charge in [0.25, 0.3) is 5.56 Å². The van der Waals surface area contributed by atoms with Gasteiger partial charge in [-0.1, -0.05) is 34.7 Å². The van der Waals surface area contributed by atoms with Crippen molar-refractivity contribution in [3.05, 3.63) is 64.2 Å². The number of aromatic nitrogens is 4. The molecule has 2 heterocycles. The number of H-pyrrole nitrogens is 1. The second kappa shape index (κ2) is 6.03. The quantitative estimate of drug-likeness (QED) is 0.297. The molecule has 8 heteroatoms. The third kappa shape index (κ3) is 2.53. The van der Waals surface area contributed by atoms with Gasteiger partial charge in [-0.25, -0.2) is 9.07 Å². The Hall–Kier alpha value is -2.62. The second-order valence-corrected chi connectivity index (χ2v) is 6.18. The van der Waals surface area contributed by atoms with Crippen LogP contribution in [0.15, 0.2) is 47.3 Å². The molecule has 0 radical (unpaired) electrons. The first-order valence-corrected chi connectivity index (χ1v) is 8.88. The summed E-state index contributed by atoms with van der Waals surface area (Å²) in [5, 5.41) is 11.1. The maximum atomic E-state index is 13.9. The number of aromatic amines is 1. The number of nitrogens with zero attached hydrogens (tertiary/aromatic N) is 3. The smallest absolute Gasteiger partial charge is 0.293 e. The highest BCUT2D eigenvalue weighted by atomic mass is 127. The molecule has 1 N–H and O–H groups in total. The maximum Gasteiger partial charge on any atom is 0.299 e. The zero-order valence-electron chi connectivity index (χ0n) is 12.7. The largest absolute Gasteiger partial charge is 0.299 e. The fraction of sp³-hybridized carbons (Fsp3) is 0.0588. The van der Waals surface area contributed by atoms with Crippen molar-refractivity contribution in [3.8, 4) is 5.69 Å². The van der Waals surface area contributed by atoms with E-state index in [-0.39, 0.29) is 22.4 Å². The summed E-state index contributed by atoms with van der Waals surface area (Å²) >= 11 is 2.01. The zero-order valence-corrected chi connectivity index (χ0v) is 14.8. The number of benzene rings is 2. The molecule has 0 amide bonds. The van der Waals surface area contributed by atoms with Crippen LogP contribution in [0.5, 0.6) is 0 Å². The Kier molecular flexibility index (Phi) is 3.83. The number of alkyl halides is 1. The Bertz CT molecular complexity index is 1180. The first-order valence-electron chi connectivity index (χ1n) is 7.35.